The van der Waals surface area contributed by atoms with Crippen molar-refractivity contribution < 1.29 is 17.9 Å². The molecule has 0 N–H and O–H groups in total. The van der Waals surface area contributed by atoms with E-state index in [-0.39, 0.29) is 6.61 Å². The normalized spacial score (nSPS) is 11.8. The summed E-state index contributed by atoms with van der Waals surface area (Å²) in [6, 6.07) is 7.79. The second-order valence-corrected chi connectivity index (χ2v) is 5.08. The van der Waals surface area contributed by atoms with Gasteiger partial charge in [0.15, 0.2) is 0 Å². The van der Waals surface area contributed by atoms with E-state index in [1.54, 1.807) is 11.8 Å². The van der Waals surface area contributed by atoms with Crippen LogP contribution in [-0.2, 0) is 10.6 Å². The Bertz CT molecular complexity index is 340. The summed E-state index contributed by atoms with van der Waals surface area (Å²) in [6.07, 6.45) is -3.64. The minimum atomic E-state index is -4.23. The Hall–Kier alpha value is -0.390. The summed E-state index contributed by atoms with van der Waals surface area (Å²) in [5.41, 5.74) is 1.05. The lowest BCUT2D eigenvalue weighted by molar-refractivity contribution is -0.173. The lowest BCUT2D eigenvalue weighted by atomic mass is 10.2. The van der Waals surface area contributed by atoms with Crippen molar-refractivity contribution in [3.63, 3.8) is 0 Å². The van der Waals surface area contributed by atoms with Crippen LogP contribution in [-0.4, -0.2) is 25.1 Å². The number of hydrogen-bond donors (Lipinski definition) is 0. The quantitative estimate of drug-likeness (QED) is 0.417. The van der Waals surface area contributed by atoms with Crippen molar-refractivity contribution in [2.45, 2.75) is 23.4 Å². The third kappa shape index (κ3) is 7.13. The molecule has 0 aliphatic heterocycles. The highest BCUT2D eigenvalue weighted by atomic mass is 35.5. The van der Waals surface area contributed by atoms with Crippen LogP contribution in [0.3, 0.4) is 0 Å². The zero-order valence-electron chi connectivity index (χ0n) is 9.67. The standard InChI is InChI=1S/C12H14ClF3OS/c13-8-10-2-4-11(5-3-10)18-7-1-6-17-9-12(14,15)16/h2-5H,1,6-9H2. The Morgan fingerprint density at radius 2 is 1.83 bits per heavy atom. The van der Waals surface area contributed by atoms with Gasteiger partial charge in [-0.3, -0.25) is 0 Å². The van der Waals surface area contributed by atoms with E-state index in [9.17, 15) is 13.2 Å². The number of ether oxygens (including phenoxy) is 1. The molecule has 1 nitrogen and oxygen atoms in total. The van der Waals surface area contributed by atoms with Gasteiger partial charge in [0.25, 0.3) is 0 Å². The number of thioether (sulfide) groups is 1. The predicted octanol–water partition coefficient (Wildman–Crippen LogP) is 4.49. The van der Waals surface area contributed by atoms with Gasteiger partial charge in [0.1, 0.15) is 6.61 Å². The summed E-state index contributed by atoms with van der Waals surface area (Å²) in [5.74, 6) is 1.22. The van der Waals surface area contributed by atoms with Gasteiger partial charge in [-0.25, -0.2) is 0 Å². The van der Waals surface area contributed by atoms with Crippen molar-refractivity contribution in [2.24, 2.45) is 0 Å². The molecule has 0 amide bonds. The first-order valence-corrected chi connectivity index (χ1v) is 6.95. The molecule has 1 aromatic carbocycles. The van der Waals surface area contributed by atoms with Gasteiger partial charge in [0, 0.05) is 23.1 Å². The molecule has 0 aliphatic carbocycles. The molecule has 0 atom stereocenters. The van der Waals surface area contributed by atoms with Gasteiger partial charge in [-0.2, -0.15) is 13.2 Å². The van der Waals surface area contributed by atoms with Gasteiger partial charge in [0.2, 0.25) is 0 Å². The average molecular weight is 299 g/mol. The predicted molar refractivity (Wildman–Crippen MR) is 68.2 cm³/mol. The van der Waals surface area contributed by atoms with Crippen LogP contribution in [0.25, 0.3) is 0 Å². The monoisotopic (exact) mass is 298 g/mol. The van der Waals surface area contributed by atoms with E-state index >= 15 is 0 Å². The van der Waals surface area contributed by atoms with Crippen LogP contribution in [0.1, 0.15) is 12.0 Å². The van der Waals surface area contributed by atoms with Crippen LogP contribution in [0, 0.1) is 0 Å². The fourth-order valence-electron chi connectivity index (χ4n) is 1.21. The topological polar surface area (TPSA) is 9.23 Å². The van der Waals surface area contributed by atoms with Crippen molar-refractivity contribution in [1.29, 1.82) is 0 Å². The molecule has 0 spiro atoms. The van der Waals surface area contributed by atoms with Crippen molar-refractivity contribution in [2.75, 3.05) is 19.0 Å². The minimum Gasteiger partial charge on any atom is -0.372 e. The van der Waals surface area contributed by atoms with E-state index in [4.69, 9.17) is 11.6 Å². The van der Waals surface area contributed by atoms with E-state index in [1.807, 2.05) is 24.3 Å². The molecule has 6 heteroatoms. The molecule has 0 radical (unpaired) electrons. The molecular weight excluding hydrogens is 285 g/mol. The smallest absolute Gasteiger partial charge is 0.372 e. The molecule has 0 unspecified atom stereocenters. The Morgan fingerprint density at radius 3 is 2.39 bits per heavy atom. The highest BCUT2D eigenvalue weighted by Gasteiger charge is 2.27. The lowest BCUT2D eigenvalue weighted by Crippen LogP contribution is -2.17. The Kier molecular flexibility index (Phi) is 6.89. The van der Waals surface area contributed by atoms with Crippen molar-refractivity contribution in [3.8, 4) is 0 Å². The van der Waals surface area contributed by atoms with E-state index in [0.29, 0.717) is 12.3 Å². The maximum atomic E-state index is 11.8. The molecule has 1 aromatic rings. The number of halogens is 4. The summed E-state index contributed by atoms with van der Waals surface area (Å²) in [4.78, 5) is 1.08. The van der Waals surface area contributed by atoms with E-state index in [2.05, 4.69) is 4.74 Å². The van der Waals surface area contributed by atoms with Crippen LogP contribution in [0.4, 0.5) is 13.2 Å². The second-order valence-electron chi connectivity index (χ2n) is 3.65. The summed E-state index contributed by atoms with van der Waals surface area (Å²) >= 11 is 7.26. The molecule has 102 valence electrons. The highest BCUT2D eigenvalue weighted by Crippen LogP contribution is 2.20. The third-order valence-electron chi connectivity index (χ3n) is 2.05. The van der Waals surface area contributed by atoms with Crippen LogP contribution < -0.4 is 0 Å². The fraction of sp³-hybridized carbons (Fsp3) is 0.500. The van der Waals surface area contributed by atoms with Crippen molar-refractivity contribution >= 4 is 23.4 Å². The molecule has 0 bridgehead atoms. The molecule has 0 aliphatic rings. The van der Waals surface area contributed by atoms with Crippen molar-refractivity contribution in [3.05, 3.63) is 29.8 Å². The maximum absolute atomic E-state index is 11.8. The largest absolute Gasteiger partial charge is 0.411 e. The number of rotatable bonds is 7. The Labute approximate surface area is 114 Å². The summed E-state index contributed by atoms with van der Waals surface area (Å²) in [7, 11) is 0. The molecular formula is C12H14ClF3OS. The molecule has 0 saturated carbocycles. The minimum absolute atomic E-state index is 0.131. The zero-order chi connectivity index (χ0) is 13.4. The second kappa shape index (κ2) is 7.92. The molecule has 0 fully saturated rings. The SMILES string of the molecule is FC(F)(F)COCCCSc1ccc(CCl)cc1. The van der Waals surface area contributed by atoms with Gasteiger partial charge in [-0.1, -0.05) is 12.1 Å². The van der Waals surface area contributed by atoms with Gasteiger partial charge < -0.3 is 4.74 Å². The average Bonchev–Trinajstić information content (AvgIpc) is 2.33. The van der Waals surface area contributed by atoms with Crippen LogP contribution in [0.15, 0.2) is 29.2 Å². The number of hydrogen-bond acceptors (Lipinski definition) is 2. The van der Waals surface area contributed by atoms with E-state index in [1.165, 1.54) is 0 Å². The Balaban J connectivity index is 2.10. The first kappa shape index (κ1) is 15.7. The van der Waals surface area contributed by atoms with Crippen LogP contribution in [0.5, 0.6) is 0 Å². The molecule has 18 heavy (non-hydrogen) atoms. The van der Waals surface area contributed by atoms with Gasteiger partial charge >= 0.3 is 6.18 Å². The third-order valence-corrected chi connectivity index (χ3v) is 3.45. The van der Waals surface area contributed by atoms with E-state index < -0.39 is 12.8 Å². The van der Waals surface area contributed by atoms with Crippen LogP contribution >= 0.6 is 23.4 Å². The highest BCUT2D eigenvalue weighted by molar-refractivity contribution is 7.99. The first-order chi connectivity index (χ1) is 8.51. The molecule has 0 saturated heterocycles. The molecule has 0 heterocycles. The summed E-state index contributed by atoms with van der Waals surface area (Å²) in [5, 5.41) is 0. The lowest BCUT2D eigenvalue weighted by Gasteiger charge is -2.07. The Morgan fingerprint density at radius 1 is 1.17 bits per heavy atom. The summed E-state index contributed by atoms with van der Waals surface area (Å²) in [6.45, 7) is -1.03. The first-order valence-electron chi connectivity index (χ1n) is 5.43. The molecule has 0 aromatic heterocycles. The van der Waals surface area contributed by atoms with Gasteiger partial charge in [-0.15, -0.1) is 23.4 Å². The maximum Gasteiger partial charge on any atom is 0.411 e. The number of alkyl halides is 4. The van der Waals surface area contributed by atoms with Gasteiger partial charge in [0.05, 0.1) is 0 Å². The zero-order valence-corrected chi connectivity index (χ0v) is 11.2. The number of benzene rings is 1. The van der Waals surface area contributed by atoms with E-state index in [0.717, 1.165) is 16.2 Å². The van der Waals surface area contributed by atoms with Gasteiger partial charge in [-0.05, 0) is 24.1 Å². The fourth-order valence-corrected chi connectivity index (χ4v) is 2.22. The van der Waals surface area contributed by atoms with Crippen molar-refractivity contribution in [1.82, 2.24) is 0 Å². The molecule has 1 rings (SSSR count). The van der Waals surface area contributed by atoms with Crippen LogP contribution in [0.2, 0.25) is 0 Å². The summed E-state index contributed by atoms with van der Waals surface area (Å²) < 4.78 is 39.8.